The van der Waals surface area contributed by atoms with Gasteiger partial charge < -0.3 is 19.3 Å². The van der Waals surface area contributed by atoms with E-state index in [-0.39, 0.29) is 36.0 Å². The summed E-state index contributed by atoms with van der Waals surface area (Å²) in [6.45, 7) is 11.1. The van der Waals surface area contributed by atoms with Crippen LogP contribution in [0.25, 0.3) is 11.1 Å². The van der Waals surface area contributed by atoms with E-state index in [1.807, 2.05) is 95.7 Å². The number of pyridine rings is 2. The van der Waals surface area contributed by atoms with Gasteiger partial charge >= 0.3 is 0 Å². The van der Waals surface area contributed by atoms with Crippen molar-refractivity contribution >= 4 is 11.8 Å². The molecule has 8 nitrogen and oxygen atoms in total. The van der Waals surface area contributed by atoms with E-state index in [4.69, 9.17) is 9.47 Å². The Morgan fingerprint density at radius 1 is 0.676 bits per heavy atom. The highest BCUT2D eigenvalue weighted by Gasteiger charge is 2.32. The number of carbonyl (C=O) groups excluding carboxylic acids is 2. The van der Waals surface area contributed by atoms with Gasteiger partial charge in [0.05, 0.1) is 50.6 Å². The lowest BCUT2D eigenvalue weighted by Gasteiger charge is -2.38. The van der Waals surface area contributed by atoms with Crippen LogP contribution in [0.5, 0.6) is 0 Å². The number of aromatic nitrogens is 2. The van der Waals surface area contributed by atoms with Crippen LogP contribution in [0.2, 0.25) is 0 Å². The molecule has 0 spiro atoms. The van der Waals surface area contributed by atoms with Gasteiger partial charge in [0.1, 0.15) is 0 Å². The third kappa shape index (κ3) is 5.45. The van der Waals surface area contributed by atoms with Crippen LogP contribution in [-0.2, 0) is 32.2 Å². The number of morpholine rings is 2. The molecule has 2 aromatic heterocycles. The van der Waals surface area contributed by atoms with Crippen molar-refractivity contribution in [3.05, 3.63) is 49.1 Å². The van der Waals surface area contributed by atoms with Crippen molar-refractivity contribution in [2.45, 2.75) is 65.0 Å². The number of carbonyl (C=O) groups is 2. The zero-order chi connectivity index (χ0) is 24.2. The number of hydrogen-bond acceptors (Lipinski definition) is 4. The second-order valence-electron chi connectivity index (χ2n) is 9.59. The summed E-state index contributed by atoms with van der Waals surface area (Å²) in [4.78, 5) is 29.5. The largest absolute Gasteiger partial charge is 0.377 e. The van der Waals surface area contributed by atoms with Gasteiger partial charge in [-0.2, -0.15) is 9.13 Å². The Balaban J connectivity index is 1.36. The summed E-state index contributed by atoms with van der Waals surface area (Å²) in [6, 6.07) is 8.43. The predicted octanol–water partition coefficient (Wildman–Crippen LogP) is 1.20. The summed E-state index contributed by atoms with van der Waals surface area (Å²) in [7, 11) is 0. The number of rotatable bonds is 5. The Labute approximate surface area is 201 Å². The molecular weight excluding hydrogens is 432 g/mol. The van der Waals surface area contributed by atoms with Gasteiger partial charge in [-0.05, 0) is 38.8 Å². The van der Waals surface area contributed by atoms with E-state index < -0.39 is 0 Å². The number of ether oxygens (including phenoxy) is 2. The van der Waals surface area contributed by atoms with Gasteiger partial charge in [-0.15, -0.1) is 0 Å². The van der Waals surface area contributed by atoms with Crippen LogP contribution in [0, 0.1) is 0 Å². The van der Waals surface area contributed by atoms with Crippen LogP contribution in [0.15, 0.2) is 49.1 Å². The van der Waals surface area contributed by atoms with Crippen LogP contribution in [0.3, 0.4) is 0 Å². The van der Waals surface area contributed by atoms with E-state index in [1.165, 1.54) is 0 Å². The van der Waals surface area contributed by atoms with E-state index in [9.17, 15) is 9.59 Å². The molecule has 2 fully saturated rings. The number of hydrogen-bond donors (Lipinski definition) is 0. The Morgan fingerprint density at radius 2 is 0.971 bits per heavy atom. The summed E-state index contributed by atoms with van der Waals surface area (Å²) < 4.78 is 14.9. The second-order valence-corrected chi connectivity index (χ2v) is 9.59. The lowest BCUT2D eigenvalue weighted by atomic mass is 10.1. The van der Waals surface area contributed by atoms with E-state index in [0.29, 0.717) is 39.5 Å². The fraction of sp³-hybridized carbons (Fsp3) is 0.538. The summed E-state index contributed by atoms with van der Waals surface area (Å²) >= 11 is 0. The van der Waals surface area contributed by atoms with E-state index in [2.05, 4.69) is 0 Å². The zero-order valence-corrected chi connectivity index (χ0v) is 20.6. The molecule has 4 rings (SSSR count). The van der Waals surface area contributed by atoms with Crippen LogP contribution < -0.4 is 9.13 Å². The highest BCUT2D eigenvalue weighted by molar-refractivity contribution is 5.76. The lowest BCUT2D eigenvalue weighted by molar-refractivity contribution is -0.685. The molecule has 0 saturated carbocycles. The maximum absolute atomic E-state index is 12.8. The first-order chi connectivity index (χ1) is 16.3. The first-order valence-electron chi connectivity index (χ1n) is 12.1. The zero-order valence-electron chi connectivity index (χ0n) is 20.6. The molecular formula is C26H36N4O4+2. The minimum atomic E-state index is 0.0914. The van der Waals surface area contributed by atoms with Crippen molar-refractivity contribution in [2.24, 2.45) is 0 Å². The highest BCUT2D eigenvalue weighted by atomic mass is 16.5. The van der Waals surface area contributed by atoms with Gasteiger partial charge in [0.2, 0.25) is 13.1 Å². The highest BCUT2D eigenvalue weighted by Crippen LogP contribution is 2.17. The second kappa shape index (κ2) is 10.6. The van der Waals surface area contributed by atoms with Gasteiger partial charge in [-0.1, -0.05) is 0 Å². The SMILES string of the molecule is C[C@@H]1COC[C@H](C)N1C(=O)C[n+]1ccc(-c2cc[n+](CC(=O)N3[C@@H](C)COC[C@@H]3C)cc2)cc1. The van der Waals surface area contributed by atoms with Crippen molar-refractivity contribution in [2.75, 3.05) is 26.4 Å². The lowest BCUT2D eigenvalue weighted by Crippen LogP contribution is -2.56. The van der Waals surface area contributed by atoms with Crippen LogP contribution in [-0.4, -0.2) is 72.2 Å². The fourth-order valence-corrected chi connectivity index (χ4v) is 4.98. The standard InChI is InChI=1S/C26H36N4O4/c1-19-15-33-16-20(2)29(19)25(31)13-27-9-5-23(6-10-27)24-7-11-28(12-8-24)14-26(32)30-21(3)17-34-18-22(30)4/h5-12,19-22H,13-18H2,1-4H3/q+2/t19-,20-,21-,22+/m0/s1. The maximum Gasteiger partial charge on any atom is 0.289 e. The van der Waals surface area contributed by atoms with Crippen molar-refractivity contribution < 1.29 is 28.2 Å². The molecule has 182 valence electrons. The first-order valence-corrected chi connectivity index (χ1v) is 12.1. The Bertz CT molecular complexity index is 893. The van der Waals surface area contributed by atoms with Crippen LogP contribution >= 0.6 is 0 Å². The van der Waals surface area contributed by atoms with Gasteiger partial charge in [0, 0.05) is 24.3 Å². The van der Waals surface area contributed by atoms with Crippen molar-refractivity contribution in [1.29, 1.82) is 0 Å². The minimum Gasteiger partial charge on any atom is -0.377 e. The van der Waals surface area contributed by atoms with Gasteiger partial charge in [0.15, 0.2) is 24.8 Å². The van der Waals surface area contributed by atoms with E-state index >= 15 is 0 Å². The minimum absolute atomic E-state index is 0.0914. The topological polar surface area (TPSA) is 66.8 Å². The van der Waals surface area contributed by atoms with E-state index in [1.54, 1.807) is 0 Å². The predicted molar refractivity (Wildman–Crippen MR) is 125 cm³/mol. The molecule has 0 bridgehead atoms. The molecule has 0 aromatic carbocycles. The summed E-state index contributed by atoms with van der Waals surface area (Å²) in [5, 5.41) is 0. The van der Waals surface area contributed by atoms with Gasteiger partial charge in [-0.25, -0.2) is 0 Å². The molecule has 2 amide bonds. The molecule has 2 aliphatic heterocycles. The molecule has 8 heteroatoms. The number of amides is 2. The van der Waals surface area contributed by atoms with Gasteiger partial charge in [0.25, 0.3) is 11.8 Å². The average Bonchev–Trinajstić information content (AvgIpc) is 2.80. The molecule has 0 N–H and O–H groups in total. The molecule has 34 heavy (non-hydrogen) atoms. The van der Waals surface area contributed by atoms with Crippen LogP contribution in [0.1, 0.15) is 27.7 Å². The number of nitrogens with zero attached hydrogens (tertiary/aromatic N) is 4. The summed E-state index contributed by atoms with van der Waals surface area (Å²) in [5.41, 5.74) is 2.12. The third-order valence-corrected chi connectivity index (χ3v) is 6.66. The quantitative estimate of drug-likeness (QED) is 0.619. The summed E-state index contributed by atoms with van der Waals surface area (Å²) in [6.07, 6.45) is 7.76. The fourth-order valence-electron chi connectivity index (χ4n) is 4.98. The molecule has 0 aliphatic carbocycles. The molecule has 2 aromatic rings. The smallest absolute Gasteiger partial charge is 0.289 e. The van der Waals surface area contributed by atoms with Crippen molar-refractivity contribution in [3.63, 3.8) is 0 Å². The first kappa shape index (κ1) is 24.3. The van der Waals surface area contributed by atoms with Crippen LogP contribution in [0.4, 0.5) is 0 Å². The van der Waals surface area contributed by atoms with Crippen molar-refractivity contribution in [3.8, 4) is 11.1 Å². The summed E-state index contributed by atoms with van der Waals surface area (Å²) in [5.74, 6) is 0.214. The Morgan fingerprint density at radius 3 is 1.26 bits per heavy atom. The van der Waals surface area contributed by atoms with Gasteiger partial charge in [-0.3, -0.25) is 9.59 Å². The molecule has 0 radical (unpaired) electrons. The normalized spacial score (nSPS) is 25.3. The molecule has 0 unspecified atom stereocenters. The molecule has 4 atom stereocenters. The molecule has 4 heterocycles. The Hall–Kier alpha value is -2.84. The van der Waals surface area contributed by atoms with Crippen molar-refractivity contribution in [1.82, 2.24) is 9.80 Å². The third-order valence-electron chi connectivity index (χ3n) is 6.66. The average molecular weight is 469 g/mol. The molecule has 2 saturated heterocycles. The Kier molecular flexibility index (Phi) is 7.58. The van der Waals surface area contributed by atoms with E-state index in [0.717, 1.165) is 11.1 Å². The monoisotopic (exact) mass is 468 g/mol. The molecule has 2 aliphatic rings. The maximum atomic E-state index is 12.8.